The maximum Gasteiger partial charge on any atom is 0.115 e. The third kappa shape index (κ3) is 5.96. The molecule has 2 aromatic rings. The van der Waals surface area contributed by atoms with E-state index in [1.165, 1.54) is 60.4 Å². The van der Waals surface area contributed by atoms with Crippen molar-refractivity contribution in [3.63, 3.8) is 0 Å². The van der Waals surface area contributed by atoms with Crippen LogP contribution >= 0.6 is 21.8 Å². The molecule has 0 bridgehead atoms. The average Bonchev–Trinajstić information content (AvgIpc) is 2.56. The summed E-state index contributed by atoms with van der Waals surface area (Å²) in [5, 5.41) is 9.81. The molecule has 2 rings (SSSR count). The minimum atomic E-state index is 0.105. The molecule has 0 radical (unpaired) electrons. The van der Waals surface area contributed by atoms with Gasteiger partial charge in [-0.1, -0.05) is 62.6 Å². The van der Waals surface area contributed by atoms with Gasteiger partial charge in [-0.25, -0.2) is 0 Å². The molecule has 3 heteroatoms. The van der Waals surface area contributed by atoms with Crippen LogP contribution in [0.15, 0.2) is 42.5 Å². The first-order valence-electron chi connectivity index (χ1n) is 8.71. The van der Waals surface area contributed by atoms with Gasteiger partial charge in [0, 0.05) is 0 Å². The van der Waals surface area contributed by atoms with E-state index in [0.29, 0.717) is 5.75 Å². The highest BCUT2D eigenvalue weighted by Crippen LogP contribution is 2.29. The minimum absolute atomic E-state index is 0.105. The van der Waals surface area contributed by atoms with E-state index >= 15 is 0 Å². The number of aryl methyl sites for hydroxylation is 2. The van der Waals surface area contributed by atoms with Crippen LogP contribution in [-0.4, -0.2) is 12.1 Å². The van der Waals surface area contributed by atoms with Crippen molar-refractivity contribution in [2.75, 3.05) is 0 Å². The second-order valence-corrected chi connectivity index (χ2v) is 10.5. The fraction of sp³-hybridized carbons (Fsp3) is 0.400. The van der Waals surface area contributed by atoms with E-state index < -0.39 is 0 Å². The van der Waals surface area contributed by atoms with E-state index in [1.807, 2.05) is 6.07 Å². The molecule has 0 atom stereocenters. The van der Waals surface area contributed by atoms with Gasteiger partial charge in [-0.05, 0) is 53.6 Å². The van der Waals surface area contributed by atoms with Crippen molar-refractivity contribution in [3.8, 4) is 16.9 Å². The molecule has 0 aliphatic rings. The maximum atomic E-state index is 9.81. The van der Waals surface area contributed by atoms with Crippen LogP contribution < -0.4 is 0 Å². The lowest BCUT2D eigenvalue weighted by atomic mass is 9.95. The van der Waals surface area contributed by atoms with Gasteiger partial charge < -0.3 is 5.11 Å². The van der Waals surface area contributed by atoms with Crippen LogP contribution in [0.4, 0.5) is 0 Å². The molecular formula is C20H27IOSi. The molecule has 0 aliphatic carbocycles. The number of phenolic OH excluding ortho intramolecular Hbond substituents is 1. The molecule has 124 valence electrons. The molecule has 23 heavy (non-hydrogen) atoms. The van der Waals surface area contributed by atoms with Gasteiger partial charge in [-0.2, -0.15) is 0 Å². The quantitative estimate of drug-likeness (QED) is 0.232. The van der Waals surface area contributed by atoms with Crippen LogP contribution in [0.3, 0.4) is 0 Å². The monoisotopic (exact) mass is 438 g/mol. The Balaban J connectivity index is 2.13. The zero-order chi connectivity index (χ0) is 16.5. The number of phenols is 1. The van der Waals surface area contributed by atoms with Crippen molar-refractivity contribution in [1.29, 1.82) is 0 Å². The molecular weight excluding hydrogens is 411 g/mol. The van der Waals surface area contributed by atoms with Crippen molar-refractivity contribution in [3.05, 3.63) is 53.6 Å². The molecule has 0 unspecified atom stereocenters. The van der Waals surface area contributed by atoms with E-state index in [-0.39, 0.29) is 7.02 Å². The van der Waals surface area contributed by atoms with Gasteiger partial charge in [0.05, 0.1) is 7.02 Å². The molecule has 0 aromatic heterocycles. The SMILES string of the molecule is CCCCCc1ccc(-c2ccc(O)cc2CCC[SiH2]I)cc1. The standard InChI is InChI=1S/C20H27IOSi/c1-2-3-4-6-16-8-10-17(11-9-16)20-13-12-19(22)15-18(20)7-5-14-23-21/h8-13,15,22H,2-7,14,23H2,1H3. The molecule has 0 heterocycles. The summed E-state index contributed by atoms with van der Waals surface area (Å²) < 4.78 is 0. The van der Waals surface area contributed by atoms with E-state index in [0.717, 1.165) is 6.42 Å². The molecule has 0 amide bonds. The van der Waals surface area contributed by atoms with Gasteiger partial charge in [0.15, 0.2) is 0 Å². The largest absolute Gasteiger partial charge is 0.508 e. The molecule has 0 saturated heterocycles. The van der Waals surface area contributed by atoms with Gasteiger partial charge >= 0.3 is 0 Å². The maximum absolute atomic E-state index is 9.81. The van der Waals surface area contributed by atoms with Crippen molar-refractivity contribution < 1.29 is 5.11 Å². The van der Waals surface area contributed by atoms with Gasteiger partial charge in [-0.15, -0.1) is 21.8 Å². The first kappa shape index (κ1) is 18.5. The Morgan fingerprint density at radius 2 is 1.74 bits per heavy atom. The molecule has 0 fully saturated rings. The van der Waals surface area contributed by atoms with Crippen LogP contribution in [0.25, 0.3) is 11.1 Å². The zero-order valence-electron chi connectivity index (χ0n) is 14.0. The molecule has 2 aromatic carbocycles. The Kier molecular flexibility index (Phi) is 8.16. The Morgan fingerprint density at radius 1 is 0.957 bits per heavy atom. The summed E-state index contributed by atoms with van der Waals surface area (Å²) in [6.07, 6.45) is 7.34. The summed E-state index contributed by atoms with van der Waals surface area (Å²) >= 11 is 2.56. The third-order valence-corrected chi connectivity index (χ3v) is 7.31. The van der Waals surface area contributed by atoms with Crippen molar-refractivity contribution >= 4 is 28.8 Å². The number of hydrogen-bond donors (Lipinski definition) is 1. The normalized spacial score (nSPS) is 11.4. The second kappa shape index (κ2) is 10.1. The lowest BCUT2D eigenvalue weighted by Crippen LogP contribution is -1.92. The van der Waals surface area contributed by atoms with Gasteiger partial charge in [-0.3, -0.25) is 0 Å². The number of rotatable bonds is 9. The predicted octanol–water partition coefficient (Wildman–Crippen LogP) is 5.66. The summed E-state index contributed by atoms with van der Waals surface area (Å²) in [6.45, 7) is 2.25. The Morgan fingerprint density at radius 3 is 2.43 bits per heavy atom. The minimum Gasteiger partial charge on any atom is -0.508 e. The van der Waals surface area contributed by atoms with Crippen LogP contribution in [0.1, 0.15) is 43.7 Å². The lowest BCUT2D eigenvalue weighted by Gasteiger charge is -2.11. The predicted molar refractivity (Wildman–Crippen MR) is 112 cm³/mol. The molecule has 1 N–H and O–H groups in total. The average molecular weight is 438 g/mol. The first-order chi connectivity index (χ1) is 11.2. The van der Waals surface area contributed by atoms with E-state index in [2.05, 4.69) is 59.1 Å². The number of hydrogen-bond acceptors (Lipinski definition) is 1. The Bertz CT molecular complexity index is 595. The third-order valence-electron chi connectivity index (χ3n) is 4.25. The molecule has 0 spiro atoms. The molecule has 0 aliphatic heterocycles. The summed E-state index contributed by atoms with van der Waals surface area (Å²) in [5.74, 6) is 0.381. The van der Waals surface area contributed by atoms with Gasteiger partial charge in [0.1, 0.15) is 5.75 Å². The van der Waals surface area contributed by atoms with Crippen molar-refractivity contribution in [1.82, 2.24) is 0 Å². The Labute approximate surface area is 155 Å². The summed E-state index contributed by atoms with van der Waals surface area (Å²) in [6, 6.07) is 16.2. The highest BCUT2D eigenvalue weighted by molar-refractivity contribution is 14.1. The molecule has 0 saturated carbocycles. The Hall–Kier alpha value is -0.813. The number of aromatic hydroxyl groups is 1. The zero-order valence-corrected chi connectivity index (χ0v) is 17.6. The van der Waals surface area contributed by atoms with E-state index in [4.69, 9.17) is 0 Å². The fourth-order valence-electron chi connectivity index (χ4n) is 2.91. The van der Waals surface area contributed by atoms with Crippen molar-refractivity contribution in [2.45, 2.75) is 51.5 Å². The topological polar surface area (TPSA) is 20.2 Å². The highest BCUT2D eigenvalue weighted by Gasteiger charge is 2.07. The van der Waals surface area contributed by atoms with Gasteiger partial charge in [0.25, 0.3) is 0 Å². The summed E-state index contributed by atoms with van der Waals surface area (Å²) in [4.78, 5) is 0. The second-order valence-electron chi connectivity index (χ2n) is 6.14. The number of unbranched alkanes of at least 4 members (excludes halogenated alkanes) is 2. The smallest absolute Gasteiger partial charge is 0.115 e. The van der Waals surface area contributed by atoms with Crippen LogP contribution in [0, 0.1) is 0 Å². The summed E-state index contributed by atoms with van der Waals surface area (Å²) in [5.41, 5.74) is 5.25. The highest BCUT2D eigenvalue weighted by atomic mass is 127. The number of benzene rings is 2. The van der Waals surface area contributed by atoms with Crippen LogP contribution in [0.2, 0.25) is 6.04 Å². The lowest BCUT2D eigenvalue weighted by molar-refractivity contribution is 0.474. The van der Waals surface area contributed by atoms with Crippen LogP contribution in [-0.2, 0) is 12.8 Å². The fourth-order valence-corrected chi connectivity index (χ4v) is 4.97. The van der Waals surface area contributed by atoms with Gasteiger partial charge in [0.2, 0.25) is 0 Å². The first-order valence-corrected chi connectivity index (χ1v) is 14.8. The van der Waals surface area contributed by atoms with E-state index in [1.54, 1.807) is 6.07 Å². The number of halogens is 1. The van der Waals surface area contributed by atoms with Crippen LogP contribution in [0.5, 0.6) is 5.75 Å². The van der Waals surface area contributed by atoms with E-state index in [9.17, 15) is 5.11 Å². The summed E-state index contributed by atoms with van der Waals surface area (Å²) in [7, 11) is 0.105. The molecule has 1 nitrogen and oxygen atoms in total. The van der Waals surface area contributed by atoms with Crippen molar-refractivity contribution in [2.24, 2.45) is 0 Å².